The Morgan fingerprint density at radius 3 is 1.89 bits per heavy atom. The van der Waals surface area contributed by atoms with Gasteiger partial charge in [-0.3, -0.25) is 48.1 Å². The molecule has 0 aliphatic carbocycles. The van der Waals surface area contributed by atoms with Gasteiger partial charge < -0.3 is 80.6 Å². The van der Waals surface area contributed by atoms with E-state index in [4.69, 9.17) is 33.7 Å². The molecular formula is C73H109N20O9+. The van der Waals surface area contributed by atoms with Gasteiger partial charge in [0.1, 0.15) is 47.3 Å². The topological polar surface area (TPSA) is 432 Å². The predicted molar refractivity (Wildman–Crippen MR) is 396 cm³/mol. The summed E-state index contributed by atoms with van der Waals surface area (Å²) in [5.41, 5.74) is 36.2. The predicted octanol–water partition coefficient (Wildman–Crippen LogP) is 4.07. The van der Waals surface area contributed by atoms with Gasteiger partial charge in [0.2, 0.25) is 69.9 Å². The molecule has 1 aliphatic heterocycles. The van der Waals surface area contributed by atoms with Crippen LogP contribution in [0.3, 0.4) is 0 Å². The Kier molecular flexibility index (Phi) is 32.7. The number of azo groups is 1. The molecule has 1 aliphatic rings. The number of hydrogen-bond donors (Lipinski definition) is 12. The van der Waals surface area contributed by atoms with Gasteiger partial charge in [0.25, 0.3) is 0 Å². The van der Waals surface area contributed by atoms with Crippen molar-refractivity contribution < 1.29 is 47.7 Å². The summed E-state index contributed by atoms with van der Waals surface area (Å²) < 4.78 is 2.22. The molecule has 29 nitrogen and oxygen atoms in total. The zero-order valence-corrected chi connectivity index (χ0v) is 60.6. The zero-order chi connectivity index (χ0) is 74.4. The van der Waals surface area contributed by atoms with E-state index in [2.05, 4.69) is 106 Å². The number of rotatable bonds is 42. The number of benzene rings is 4. The van der Waals surface area contributed by atoms with Crippen LogP contribution in [0.15, 0.2) is 106 Å². The van der Waals surface area contributed by atoms with E-state index >= 15 is 0 Å². The summed E-state index contributed by atoms with van der Waals surface area (Å²) in [5, 5.41) is 28.2. The smallest absolute Gasteiger partial charge is 0.243 e. The third-order valence-corrected chi connectivity index (χ3v) is 17.7. The summed E-state index contributed by atoms with van der Waals surface area (Å²) in [6.45, 7) is 16.1. The van der Waals surface area contributed by atoms with Crippen molar-refractivity contribution in [3.63, 3.8) is 0 Å². The molecule has 0 spiro atoms. The van der Waals surface area contributed by atoms with E-state index in [1.54, 1.807) is 0 Å². The standard InChI is InChI=1S/C73H108N20O9/c1-9-91(10-2)53-33-35-56-63(44-53)93(52-21-12-11-13-22-52)62-43-50(30-34-55(62)83-56)89-88-49-28-31-51(32-29-49)90(8)39-20-27-64(94)79-37-17-15-24-58(69(99)82-48(7)67(97)85-57(66(76)96)25-18-38-80-73(77)78)86-70(100)60(42-47(5)6)84-65(95)45-81-68(98)59(41-46(3)4)87-71(101)61-26-19-40-92(61)72(102)54(75)23-14-16-36-74/h11-13,21-22,28-35,43-44,46-48,54,57-61H,9-10,14-20,23-27,36-42,45,74-75H2,1-8H3,(H12-,76,77,78,79,80,81,82,84,85,86,87,94,95,96,97,98,99,100,101)/p+1/t48-,54-,57-,58-,59-,60-,61-/m0/s1. The molecule has 17 N–H and O–H groups in total. The first-order valence-electron chi connectivity index (χ1n) is 35.8. The Balaban J connectivity index is 1.03. The van der Waals surface area contributed by atoms with Crippen molar-refractivity contribution in [3.05, 3.63) is 91.0 Å². The molecule has 1 aromatic heterocycles. The van der Waals surface area contributed by atoms with E-state index in [0.29, 0.717) is 88.8 Å². The monoisotopic (exact) mass is 1410 g/mol. The van der Waals surface area contributed by atoms with E-state index < -0.39 is 90.2 Å². The highest BCUT2D eigenvalue weighted by atomic mass is 16.2. The van der Waals surface area contributed by atoms with Crippen LogP contribution in [0.25, 0.3) is 27.8 Å². The number of para-hydroxylation sites is 1. The van der Waals surface area contributed by atoms with Crippen LogP contribution in [0.4, 0.5) is 22.7 Å². The van der Waals surface area contributed by atoms with Gasteiger partial charge in [0.15, 0.2) is 5.96 Å². The summed E-state index contributed by atoms with van der Waals surface area (Å²) >= 11 is 0. The van der Waals surface area contributed by atoms with Crippen LogP contribution in [0.2, 0.25) is 0 Å². The van der Waals surface area contributed by atoms with Gasteiger partial charge in [-0.15, -0.1) is 4.57 Å². The molecule has 4 aromatic carbocycles. The first-order valence-corrected chi connectivity index (χ1v) is 35.8. The lowest BCUT2D eigenvalue weighted by Gasteiger charge is -2.29. The number of guanidine groups is 1. The fraction of sp³-hybridized carbons (Fsp3) is 0.534. The summed E-state index contributed by atoms with van der Waals surface area (Å²) in [4.78, 5) is 137. The number of unbranched alkanes of at least 4 members (excludes halogenated alkanes) is 2. The van der Waals surface area contributed by atoms with Gasteiger partial charge in [0, 0.05) is 88.4 Å². The Labute approximate surface area is 598 Å². The number of nitrogens with two attached hydrogens (primary N) is 5. The van der Waals surface area contributed by atoms with Crippen LogP contribution in [0.5, 0.6) is 0 Å². The Hall–Kier alpha value is -9.90. The Bertz CT molecular complexity index is 3680. The first-order chi connectivity index (χ1) is 48.8. The average Bonchev–Trinajstić information content (AvgIpc) is 0.800. The first kappa shape index (κ1) is 81.1. The number of aromatic nitrogens is 2. The molecule has 9 amide bonds. The van der Waals surface area contributed by atoms with Crippen LogP contribution >= 0.6 is 0 Å². The number of carbonyl (C=O) groups excluding carboxylic acids is 9. The molecule has 1 fully saturated rings. The van der Waals surface area contributed by atoms with Crippen LogP contribution in [-0.4, -0.2) is 171 Å². The van der Waals surface area contributed by atoms with E-state index in [0.717, 1.165) is 52.2 Å². The van der Waals surface area contributed by atoms with Crippen molar-refractivity contribution in [2.24, 2.45) is 55.7 Å². The molecule has 6 rings (SSSR count). The molecular weight excluding hydrogens is 1300 g/mol. The van der Waals surface area contributed by atoms with Crippen molar-refractivity contribution in [3.8, 4) is 5.69 Å². The molecule has 554 valence electrons. The van der Waals surface area contributed by atoms with E-state index in [9.17, 15) is 43.2 Å². The number of hydrogen-bond acceptors (Lipinski definition) is 17. The second-order valence-corrected chi connectivity index (χ2v) is 26.8. The van der Waals surface area contributed by atoms with E-state index in [-0.39, 0.29) is 74.8 Å². The number of nitrogens with zero attached hydrogens (tertiary/aromatic N) is 8. The zero-order valence-electron chi connectivity index (χ0n) is 60.6. The van der Waals surface area contributed by atoms with Crippen molar-refractivity contribution in [2.75, 3.05) is 69.2 Å². The fourth-order valence-corrected chi connectivity index (χ4v) is 12.2. The van der Waals surface area contributed by atoms with Crippen LogP contribution in [0, 0.1) is 11.8 Å². The number of likely N-dealkylation sites (tertiary alicyclic amines) is 1. The molecule has 0 saturated carbocycles. The third kappa shape index (κ3) is 25.3. The van der Waals surface area contributed by atoms with E-state index in [1.165, 1.54) is 11.8 Å². The Morgan fingerprint density at radius 1 is 0.627 bits per heavy atom. The normalized spacial score (nSPS) is 14.7. The molecule has 29 heteroatoms. The third-order valence-electron chi connectivity index (χ3n) is 17.7. The quantitative estimate of drug-likeness (QED) is 0.00654. The summed E-state index contributed by atoms with van der Waals surface area (Å²) in [5.74, 6) is -5.78. The minimum absolute atomic E-state index is 0.0446. The highest BCUT2D eigenvalue weighted by molar-refractivity contribution is 5.97. The van der Waals surface area contributed by atoms with Crippen molar-refractivity contribution in [2.45, 2.75) is 181 Å². The number of aliphatic imine (C=N–C) groups is 1. The van der Waals surface area contributed by atoms with Gasteiger partial charge >= 0.3 is 0 Å². The molecule has 0 unspecified atom stereocenters. The minimum Gasteiger partial charge on any atom is -0.375 e. The van der Waals surface area contributed by atoms with Crippen molar-refractivity contribution in [1.82, 2.24) is 47.1 Å². The van der Waals surface area contributed by atoms with Crippen LogP contribution < -0.4 is 80.3 Å². The van der Waals surface area contributed by atoms with E-state index in [1.807, 2.05) is 100 Å². The van der Waals surface area contributed by atoms with Gasteiger partial charge in [0.05, 0.1) is 24.0 Å². The molecule has 5 aromatic rings. The number of fused-ring (bicyclic) bond motifs is 2. The number of nitrogens with one attached hydrogen (secondary N) is 7. The number of carbonyl (C=O) groups is 9. The molecule has 102 heavy (non-hydrogen) atoms. The minimum atomic E-state index is -1.25. The van der Waals surface area contributed by atoms with Crippen LogP contribution in [0.1, 0.15) is 138 Å². The molecule has 0 radical (unpaired) electrons. The number of primary amides is 1. The molecule has 7 atom stereocenters. The highest BCUT2D eigenvalue weighted by Crippen LogP contribution is 2.28. The van der Waals surface area contributed by atoms with Crippen molar-refractivity contribution >= 4 is 104 Å². The van der Waals surface area contributed by atoms with Gasteiger partial charge in [-0.05, 0) is 165 Å². The lowest BCUT2D eigenvalue weighted by molar-refractivity contribution is -0.538. The largest absolute Gasteiger partial charge is 0.375 e. The Morgan fingerprint density at radius 2 is 1.24 bits per heavy atom. The molecule has 1 saturated heterocycles. The fourth-order valence-electron chi connectivity index (χ4n) is 12.2. The maximum atomic E-state index is 14.3. The number of anilines is 2. The highest BCUT2D eigenvalue weighted by Gasteiger charge is 2.38. The van der Waals surface area contributed by atoms with Gasteiger partial charge in [-0.1, -0.05) is 52.3 Å². The maximum absolute atomic E-state index is 14.3. The number of amides is 9. The SMILES string of the molecule is CCN(CC)c1ccc2nc3ccc(N=Nc4ccc(N(C)CCCC(=O)NCCCC[C@H](NC(=O)[C@H](CC(C)C)NC(=O)CNC(=O)[C@H](CC(C)C)NC(=O)[C@@H]5CCCN5C(=O)[C@@H](N)CCCCN)C(=O)N[C@@H](C)C(=O)N[C@@H](CCCN=C(N)N)C(N)=O)cc4)cc3[n+](-c3ccccc3)c2c1. The maximum Gasteiger partial charge on any atom is 0.243 e. The van der Waals surface area contributed by atoms with Crippen LogP contribution in [-0.2, 0) is 43.2 Å². The molecule has 0 bridgehead atoms. The van der Waals surface area contributed by atoms with Gasteiger partial charge in [-0.25, -0.2) is 4.98 Å². The molecule has 2 heterocycles. The van der Waals surface area contributed by atoms with Gasteiger partial charge in [-0.2, -0.15) is 10.2 Å². The summed E-state index contributed by atoms with van der Waals surface area (Å²) in [6, 6.07) is 22.7. The summed E-state index contributed by atoms with van der Waals surface area (Å²) in [6.07, 6.45) is 5.05. The second kappa shape index (κ2) is 41.1. The summed E-state index contributed by atoms with van der Waals surface area (Å²) in [7, 11) is 1.94. The lowest BCUT2D eigenvalue weighted by atomic mass is 10.0. The van der Waals surface area contributed by atoms with Crippen molar-refractivity contribution in [1.29, 1.82) is 0 Å². The second-order valence-electron chi connectivity index (χ2n) is 26.8. The average molecular weight is 1410 g/mol. The lowest BCUT2D eigenvalue weighted by Crippen LogP contribution is -2.58.